The Bertz CT molecular complexity index is 889. The number of hydrogen-bond acceptors (Lipinski definition) is 5. The highest BCUT2D eigenvalue weighted by Gasteiger charge is 2.13. The minimum absolute atomic E-state index is 0.226. The fourth-order valence-corrected chi connectivity index (χ4v) is 2.56. The molecule has 1 unspecified atom stereocenters. The molecule has 0 saturated carbocycles. The van der Waals surface area contributed by atoms with Gasteiger partial charge in [-0.1, -0.05) is 28.1 Å². The lowest BCUT2D eigenvalue weighted by Gasteiger charge is -2.14. The molecule has 7 nitrogen and oxygen atoms in total. The number of amides is 2. The zero-order chi connectivity index (χ0) is 20.5. The third kappa shape index (κ3) is 6.52. The minimum Gasteiger partial charge on any atom is -0.452 e. The van der Waals surface area contributed by atoms with E-state index in [4.69, 9.17) is 10.00 Å². The second-order valence-corrected chi connectivity index (χ2v) is 6.79. The van der Waals surface area contributed by atoms with E-state index in [1.807, 2.05) is 31.2 Å². The summed E-state index contributed by atoms with van der Waals surface area (Å²) < 4.78 is 5.96. The van der Waals surface area contributed by atoms with Crippen LogP contribution in [0.4, 0.5) is 5.69 Å². The number of nitrogens with one attached hydrogen (secondary N) is 2. The van der Waals surface area contributed by atoms with E-state index >= 15 is 0 Å². The lowest BCUT2D eigenvalue weighted by molar-refractivity contribution is -0.124. The highest BCUT2D eigenvalue weighted by Crippen LogP contribution is 2.16. The lowest BCUT2D eigenvalue weighted by atomic mass is 10.1. The molecule has 0 spiro atoms. The number of benzene rings is 2. The van der Waals surface area contributed by atoms with Gasteiger partial charge in [0.2, 0.25) is 5.91 Å². The molecular formula is C20H18BrN3O4. The van der Waals surface area contributed by atoms with Crippen LogP contribution in [0.1, 0.15) is 35.3 Å². The van der Waals surface area contributed by atoms with Crippen molar-refractivity contribution in [3.63, 3.8) is 0 Å². The summed E-state index contributed by atoms with van der Waals surface area (Å²) in [5.41, 5.74) is 1.63. The molecule has 2 N–H and O–H groups in total. The van der Waals surface area contributed by atoms with Crippen molar-refractivity contribution in [1.82, 2.24) is 5.32 Å². The molecule has 2 aromatic rings. The first kappa shape index (κ1) is 21.1. The Balaban J connectivity index is 1.82. The summed E-state index contributed by atoms with van der Waals surface area (Å²) in [4.78, 5) is 35.4. The molecule has 0 aliphatic rings. The first-order chi connectivity index (χ1) is 13.4. The molecule has 2 aromatic carbocycles. The molecule has 0 aliphatic heterocycles. The molecule has 144 valence electrons. The molecular weight excluding hydrogens is 426 g/mol. The zero-order valence-electron chi connectivity index (χ0n) is 15.1. The van der Waals surface area contributed by atoms with E-state index in [2.05, 4.69) is 26.6 Å². The zero-order valence-corrected chi connectivity index (χ0v) is 16.7. The van der Waals surface area contributed by atoms with Gasteiger partial charge in [0, 0.05) is 10.2 Å². The Morgan fingerprint density at radius 1 is 1.07 bits per heavy atom. The highest BCUT2D eigenvalue weighted by atomic mass is 79.9. The largest absolute Gasteiger partial charge is 0.452 e. The van der Waals surface area contributed by atoms with Gasteiger partial charge in [-0.25, -0.2) is 4.79 Å². The fourth-order valence-electron chi connectivity index (χ4n) is 2.30. The number of nitrogens with zero attached hydrogens (tertiary/aromatic N) is 1. The van der Waals surface area contributed by atoms with Crippen molar-refractivity contribution in [3.05, 3.63) is 64.1 Å². The van der Waals surface area contributed by atoms with Crippen LogP contribution in [0.5, 0.6) is 0 Å². The maximum Gasteiger partial charge on any atom is 0.338 e. The van der Waals surface area contributed by atoms with Crippen LogP contribution in [-0.2, 0) is 14.3 Å². The number of esters is 1. The molecule has 2 rings (SSSR count). The smallest absolute Gasteiger partial charge is 0.338 e. The Hall–Kier alpha value is -3.18. The summed E-state index contributed by atoms with van der Waals surface area (Å²) in [6.07, 6.45) is -0.252. The van der Waals surface area contributed by atoms with Gasteiger partial charge in [-0.3, -0.25) is 9.59 Å². The molecule has 0 saturated heterocycles. The van der Waals surface area contributed by atoms with E-state index in [0.29, 0.717) is 5.69 Å². The summed E-state index contributed by atoms with van der Waals surface area (Å²) in [6, 6.07) is 15.0. The predicted molar refractivity (Wildman–Crippen MR) is 106 cm³/mol. The van der Waals surface area contributed by atoms with Crippen molar-refractivity contribution in [2.45, 2.75) is 19.4 Å². The van der Waals surface area contributed by atoms with Crippen LogP contribution in [0, 0.1) is 11.3 Å². The van der Waals surface area contributed by atoms with Gasteiger partial charge in [0.15, 0.2) is 6.61 Å². The summed E-state index contributed by atoms with van der Waals surface area (Å²) in [5.74, 6) is -1.50. The average Bonchev–Trinajstić information content (AvgIpc) is 2.67. The number of anilines is 1. The van der Waals surface area contributed by atoms with Crippen LogP contribution >= 0.6 is 15.9 Å². The van der Waals surface area contributed by atoms with Gasteiger partial charge in [0.05, 0.1) is 17.7 Å². The van der Waals surface area contributed by atoms with Crippen molar-refractivity contribution in [2.24, 2.45) is 0 Å². The normalized spacial score (nSPS) is 11.0. The third-order valence-corrected chi connectivity index (χ3v) is 4.25. The number of rotatable bonds is 7. The van der Waals surface area contributed by atoms with Gasteiger partial charge < -0.3 is 15.4 Å². The Labute approximate surface area is 170 Å². The second kappa shape index (κ2) is 10.2. The Kier molecular flexibility index (Phi) is 7.72. The van der Waals surface area contributed by atoms with E-state index in [1.54, 1.807) is 6.07 Å². The standard InChI is InChI=1S/C20H18BrN3O4/c1-13(14-2-6-16(21)7-3-14)23-19(26)12-28-20(27)15-4-8-17(9-5-15)24-18(25)10-11-22/h2-9,13H,10,12H2,1H3,(H,23,26)(H,24,25). The molecule has 0 aromatic heterocycles. The van der Waals surface area contributed by atoms with E-state index < -0.39 is 24.4 Å². The summed E-state index contributed by atoms with van der Waals surface area (Å²) in [6.45, 7) is 1.43. The van der Waals surface area contributed by atoms with Crippen LogP contribution < -0.4 is 10.6 Å². The molecule has 8 heteroatoms. The van der Waals surface area contributed by atoms with Crippen molar-refractivity contribution in [3.8, 4) is 6.07 Å². The fraction of sp³-hybridized carbons (Fsp3) is 0.200. The Morgan fingerprint density at radius 3 is 2.32 bits per heavy atom. The second-order valence-electron chi connectivity index (χ2n) is 5.88. The van der Waals surface area contributed by atoms with Crippen LogP contribution in [-0.4, -0.2) is 24.4 Å². The quantitative estimate of drug-likeness (QED) is 0.637. The predicted octanol–water partition coefficient (Wildman–Crippen LogP) is 3.34. The van der Waals surface area contributed by atoms with Crippen LogP contribution in [0.2, 0.25) is 0 Å². The molecule has 2 amide bonds. The van der Waals surface area contributed by atoms with Crippen LogP contribution in [0.15, 0.2) is 53.0 Å². The highest BCUT2D eigenvalue weighted by molar-refractivity contribution is 9.10. The van der Waals surface area contributed by atoms with Gasteiger partial charge in [0.1, 0.15) is 6.42 Å². The number of nitriles is 1. The Morgan fingerprint density at radius 2 is 1.71 bits per heavy atom. The summed E-state index contributed by atoms with van der Waals surface area (Å²) in [5, 5.41) is 13.7. The minimum atomic E-state index is -0.652. The first-order valence-corrected chi connectivity index (χ1v) is 9.17. The average molecular weight is 444 g/mol. The maximum atomic E-state index is 12.0. The van der Waals surface area contributed by atoms with Gasteiger partial charge in [-0.2, -0.15) is 5.26 Å². The first-order valence-electron chi connectivity index (χ1n) is 8.38. The monoisotopic (exact) mass is 443 g/mol. The van der Waals surface area contributed by atoms with Crippen molar-refractivity contribution < 1.29 is 19.1 Å². The molecule has 0 radical (unpaired) electrons. The van der Waals surface area contributed by atoms with Crippen LogP contribution in [0.3, 0.4) is 0 Å². The van der Waals surface area contributed by atoms with Gasteiger partial charge in [-0.05, 0) is 48.9 Å². The van der Waals surface area contributed by atoms with Crippen molar-refractivity contribution >= 4 is 39.4 Å². The topological polar surface area (TPSA) is 108 Å². The van der Waals surface area contributed by atoms with E-state index in [0.717, 1.165) is 10.0 Å². The number of carbonyl (C=O) groups excluding carboxylic acids is 3. The van der Waals surface area contributed by atoms with Gasteiger partial charge >= 0.3 is 5.97 Å². The number of carbonyl (C=O) groups is 3. The van der Waals surface area contributed by atoms with Gasteiger partial charge in [-0.15, -0.1) is 0 Å². The van der Waals surface area contributed by atoms with E-state index in [-0.39, 0.29) is 18.0 Å². The SMILES string of the molecule is CC(NC(=O)COC(=O)c1ccc(NC(=O)CC#N)cc1)c1ccc(Br)cc1. The van der Waals surface area contributed by atoms with Crippen molar-refractivity contribution in [2.75, 3.05) is 11.9 Å². The lowest BCUT2D eigenvalue weighted by Crippen LogP contribution is -2.31. The number of halogens is 1. The molecule has 0 bridgehead atoms. The molecule has 28 heavy (non-hydrogen) atoms. The van der Waals surface area contributed by atoms with E-state index in [1.165, 1.54) is 24.3 Å². The number of ether oxygens (including phenoxy) is 1. The molecule has 0 heterocycles. The third-order valence-electron chi connectivity index (χ3n) is 3.73. The summed E-state index contributed by atoms with van der Waals surface area (Å²) in [7, 11) is 0. The van der Waals surface area contributed by atoms with E-state index in [9.17, 15) is 14.4 Å². The number of hydrogen-bond donors (Lipinski definition) is 2. The molecule has 0 aliphatic carbocycles. The molecule has 1 atom stereocenters. The summed E-state index contributed by atoms with van der Waals surface area (Å²) >= 11 is 3.35. The van der Waals surface area contributed by atoms with Gasteiger partial charge in [0.25, 0.3) is 5.91 Å². The molecule has 0 fully saturated rings. The van der Waals surface area contributed by atoms with Crippen molar-refractivity contribution in [1.29, 1.82) is 5.26 Å². The maximum absolute atomic E-state index is 12.0. The van der Waals surface area contributed by atoms with Crippen LogP contribution in [0.25, 0.3) is 0 Å².